The Morgan fingerprint density at radius 3 is 2.45 bits per heavy atom. The predicted molar refractivity (Wildman–Crippen MR) is 45.7 cm³/mol. The molecule has 0 fully saturated rings. The molecule has 0 radical (unpaired) electrons. The highest BCUT2D eigenvalue weighted by Crippen LogP contribution is 1.92. The second-order valence-electron chi connectivity index (χ2n) is 2.50. The third-order valence-electron chi connectivity index (χ3n) is 1.36. The van der Waals surface area contributed by atoms with Crippen LogP contribution in [0.25, 0.3) is 0 Å². The standard InChI is InChI=1S/C6H16N2O2S/c1-3-11(9,10)8-6(2)4-5-7/h6,8H,3-5,7H2,1-2H3. The van der Waals surface area contributed by atoms with Crippen LogP contribution in [0.4, 0.5) is 0 Å². The van der Waals surface area contributed by atoms with E-state index < -0.39 is 10.0 Å². The van der Waals surface area contributed by atoms with Gasteiger partial charge in [-0.1, -0.05) is 0 Å². The minimum Gasteiger partial charge on any atom is -0.330 e. The molecule has 1 unspecified atom stereocenters. The molecule has 0 bridgehead atoms. The molecule has 0 aliphatic heterocycles. The van der Waals surface area contributed by atoms with Crippen LogP contribution in [0, 0.1) is 0 Å². The molecule has 0 aliphatic carbocycles. The van der Waals surface area contributed by atoms with Gasteiger partial charge in [-0.15, -0.1) is 0 Å². The largest absolute Gasteiger partial charge is 0.330 e. The fraction of sp³-hybridized carbons (Fsp3) is 1.00. The Kier molecular flexibility index (Phi) is 4.63. The fourth-order valence-electron chi connectivity index (χ4n) is 0.699. The average molecular weight is 180 g/mol. The summed E-state index contributed by atoms with van der Waals surface area (Å²) in [5.41, 5.74) is 5.25. The van der Waals surface area contributed by atoms with Gasteiger partial charge < -0.3 is 5.73 Å². The van der Waals surface area contributed by atoms with Crippen LogP contribution in [0.15, 0.2) is 0 Å². The van der Waals surface area contributed by atoms with Gasteiger partial charge in [-0.3, -0.25) is 0 Å². The Bertz CT molecular complexity index is 189. The molecule has 0 spiro atoms. The van der Waals surface area contributed by atoms with Crippen molar-refractivity contribution in [1.29, 1.82) is 0 Å². The monoisotopic (exact) mass is 180 g/mol. The Hall–Kier alpha value is -0.130. The van der Waals surface area contributed by atoms with Gasteiger partial charge in [0.05, 0.1) is 5.75 Å². The van der Waals surface area contributed by atoms with Crippen LogP contribution in [0.2, 0.25) is 0 Å². The topological polar surface area (TPSA) is 72.2 Å². The van der Waals surface area contributed by atoms with Crippen LogP contribution >= 0.6 is 0 Å². The van der Waals surface area contributed by atoms with Crippen LogP contribution in [-0.4, -0.2) is 26.8 Å². The van der Waals surface area contributed by atoms with Crippen molar-refractivity contribution in [3.05, 3.63) is 0 Å². The highest BCUT2D eigenvalue weighted by Gasteiger charge is 2.10. The molecule has 0 aromatic carbocycles. The number of hydrogen-bond donors (Lipinski definition) is 2. The van der Waals surface area contributed by atoms with Crippen LogP contribution in [-0.2, 0) is 10.0 Å². The first-order chi connectivity index (χ1) is 5.02. The first kappa shape index (κ1) is 10.9. The van der Waals surface area contributed by atoms with E-state index in [2.05, 4.69) is 4.72 Å². The van der Waals surface area contributed by atoms with E-state index in [9.17, 15) is 8.42 Å². The van der Waals surface area contributed by atoms with Gasteiger partial charge in [-0.05, 0) is 26.8 Å². The quantitative estimate of drug-likeness (QED) is 0.608. The zero-order chi connectivity index (χ0) is 8.91. The number of hydrogen-bond acceptors (Lipinski definition) is 3. The van der Waals surface area contributed by atoms with E-state index in [-0.39, 0.29) is 11.8 Å². The molecule has 0 saturated heterocycles. The molecule has 11 heavy (non-hydrogen) atoms. The maximum Gasteiger partial charge on any atom is 0.211 e. The maximum atomic E-state index is 10.9. The van der Waals surface area contributed by atoms with E-state index in [1.807, 2.05) is 0 Å². The highest BCUT2D eigenvalue weighted by atomic mass is 32.2. The number of rotatable bonds is 5. The van der Waals surface area contributed by atoms with Crippen LogP contribution in [0.1, 0.15) is 20.3 Å². The van der Waals surface area contributed by atoms with Gasteiger partial charge >= 0.3 is 0 Å². The van der Waals surface area contributed by atoms with E-state index in [1.54, 1.807) is 13.8 Å². The first-order valence-electron chi connectivity index (χ1n) is 3.72. The summed E-state index contributed by atoms with van der Waals surface area (Å²) in [5.74, 6) is 0.127. The molecule has 0 aliphatic rings. The molecule has 0 aromatic heterocycles. The second kappa shape index (κ2) is 4.69. The zero-order valence-corrected chi connectivity index (χ0v) is 7.82. The summed E-state index contributed by atoms with van der Waals surface area (Å²) in [5, 5.41) is 0. The van der Waals surface area contributed by atoms with Crippen molar-refractivity contribution < 1.29 is 8.42 Å². The summed E-state index contributed by atoms with van der Waals surface area (Å²) in [4.78, 5) is 0. The van der Waals surface area contributed by atoms with Crippen LogP contribution in [0.5, 0.6) is 0 Å². The van der Waals surface area contributed by atoms with E-state index in [0.717, 1.165) is 0 Å². The average Bonchev–Trinajstić information content (AvgIpc) is 1.87. The lowest BCUT2D eigenvalue weighted by molar-refractivity contribution is 0.551. The minimum atomic E-state index is -3.05. The summed E-state index contributed by atoms with van der Waals surface area (Å²) in [6.07, 6.45) is 0.680. The summed E-state index contributed by atoms with van der Waals surface area (Å²) >= 11 is 0. The van der Waals surface area contributed by atoms with Gasteiger partial charge in [0, 0.05) is 6.04 Å². The Labute approximate surface area is 68.2 Å². The van der Waals surface area contributed by atoms with Crippen molar-refractivity contribution in [3.8, 4) is 0 Å². The lowest BCUT2D eigenvalue weighted by Crippen LogP contribution is -2.34. The lowest BCUT2D eigenvalue weighted by Gasteiger charge is -2.11. The Morgan fingerprint density at radius 1 is 1.55 bits per heavy atom. The molecule has 3 N–H and O–H groups in total. The molecule has 4 nitrogen and oxygen atoms in total. The molecule has 68 valence electrons. The second-order valence-corrected chi connectivity index (χ2v) is 4.54. The lowest BCUT2D eigenvalue weighted by atomic mass is 10.3. The molecular formula is C6H16N2O2S. The van der Waals surface area contributed by atoms with E-state index in [0.29, 0.717) is 13.0 Å². The van der Waals surface area contributed by atoms with Crippen molar-refractivity contribution in [2.75, 3.05) is 12.3 Å². The van der Waals surface area contributed by atoms with Gasteiger partial charge in [0.15, 0.2) is 0 Å². The van der Waals surface area contributed by atoms with E-state index >= 15 is 0 Å². The molecule has 0 amide bonds. The van der Waals surface area contributed by atoms with Crippen molar-refractivity contribution >= 4 is 10.0 Å². The van der Waals surface area contributed by atoms with Crippen LogP contribution < -0.4 is 10.5 Å². The molecule has 1 atom stereocenters. The normalized spacial score (nSPS) is 14.8. The summed E-state index contributed by atoms with van der Waals surface area (Å²) in [6.45, 7) is 3.92. The predicted octanol–water partition coefficient (Wildman–Crippen LogP) is -0.337. The molecule has 0 saturated carbocycles. The van der Waals surface area contributed by atoms with Gasteiger partial charge in [-0.2, -0.15) is 0 Å². The highest BCUT2D eigenvalue weighted by molar-refractivity contribution is 7.89. The summed E-state index contributed by atoms with van der Waals surface area (Å²) < 4.78 is 24.4. The van der Waals surface area contributed by atoms with E-state index in [1.165, 1.54) is 0 Å². The van der Waals surface area contributed by atoms with Gasteiger partial charge in [0.1, 0.15) is 0 Å². The minimum absolute atomic E-state index is 0.0510. The third kappa shape index (κ3) is 5.17. The number of sulfonamides is 1. The maximum absolute atomic E-state index is 10.9. The Morgan fingerprint density at radius 2 is 2.09 bits per heavy atom. The molecular weight excluding hydrogens is 164 g/mol. The third-order valence-corrected chi connectivity index (χ3v) is 2.88. The van der Waals surface area contributed by atoms with Crippen molar-refractivity contribution in [2.24, 2.45) is 5.73 Å². The van der Waals surface area contributed by atoms with Crippen molar-refractivity contribution in [1.82, 2.24) is 4.72 Å². The zero-order valence-electron chi connectivity index (χ0n) is 7.00. The molecule has 0 rings (SSSR count). The van der Waals surface area contributed by atoms with Crippen molar-refractivity contribution in [3.63, 3.8) is 0 Å². The first-order valence-corrected chi connectivity index (χ1v) is 5.37. The van der Waals surface area contributed by atoms with E-state index in [4.69, 9.17) is 5.73 Å². The Balaban J connectivity index is 3.84. The molecule has 0 heterocycles. The van der Waals surface area contributed by atoms with Gasteiger partial charge in [0.2, 0.25) is 10.0 Å². The van der Waals surface area contributed by atoms with Crippen molar-refractivity contribution in [2.45, 2.75) is 26.3 Å². The number of nitrogens with two attached hydrogens (primary N) is 1. The van der Waals surface area contributed by atoms with Gasteiger partial charge in [-0.25, -0.2) is 13.1 Å². The fourth-order valence-corrected chi connectivity index (χ4v) is 1.60. The van der Waals surface area contributed by atoms with Gasteiger partial charge in [0.25, 0.3) is 0 Å². The molecule has 0 aromatic rings. The molecule has 5 heteroatoms. The summed E-state index contributed by atoms with van der Waals surface area (Å²) in [7, 11) is -3.05. The number of nitrogens with one attached hydrogen (secondary N) is 1. The summed E-state index contributed by atoms with van der Waals surface area (Å²) in [6, 6.07) is -0.0510. The SMILES string of the molecule is CCS(=O)(=O)NC(C)CCN. The smallest absolute Gasteiger partial charge is 0.211 e. The van der Waals surface area contributed by atoms with Crippen LogP contribution in [0.3, 0.4) is 0 Å².